The maximum absolute atomic E-state index is 12.2. The SMILES string of the molecule is O=C(OCc1ccccc1)N1[C@@H]2CCC[C@H]1[C@@H]1O[C@@H]12. The van der Waals surface area contributed by atoms with Crippen molar-refractivity contribution < 1.29 is 14.3 Å². The van der Waals surface area contributed by atoms with Crippen molar-refractivity contribution in [2.45, 2.75) is 50.2 Å². The van der Waals surface area contributed by atoms with Crippen LogP contribution in [0.1, 0.15) is 24.8 Å². The Labute approximate surface area is 112 Å². The average Bonchev–Trinajstić information content (AvgIpc) is 3.21. The van der Waals surface area contributed by atoms with E-state index in [4.69, 9.17) is 9.47 Å². The molecule has 1 aromatic rings. The number of epoxide rings is 1. The lowest BCUT2D eigenvalue weighted by Crippen LogP contribution is -2.48. The van der Waals surface area contributed by atoms with Crippen LogP contribution in [0.5, 0.6) is 0 Å². The molecule has 3 fully saturated rings. The third kappa shape index (κ3) is 1.82. The molecule has 19 heavy (non-hydrogen) atoms. The topological polar surface area (TPSA) is 42.1 Å². The van der Waals surface area contributed by atoms with Crippen LogP contribution in [0.4, 0.5) is 4.79 Å². The van der Waals surface area contributed by atoms with Crippen LogP contribution in [-0.2, 0) is 16.1 Å². The van der Waals surface area contributed by atoms with Gasteiger partial charge in [-0.2, -0.15) is 0 Å². The first-order chi connectivity index (χ1) is 9.34. The van der Waals surface area contributed by atoms with E-state index in [0.29, 0.717) is 6.61 Å². The van der Waals surface area contributed by atoms with Crippen LogP contribution in [0, 0.1) is 0 Å². The number of fused-ring (bicyclic) bond motifs is 5. The van der Waals surface area contributed by atoms with Crippen LogP contribution in [0.3, 0.4) is 0 Å². The molecule has 0 N–H and O–H groups in total. The molecular formula is C15H17NO3. The van der Waals surface area contributed by atoms with Gasteiger partial charge in [0.25, 0.3) is 0 Å². The highest BCUT2D eigenvalue weighted by Gasteiger charge is 2.63. The Hall–Kier alpha value is -1.55. The highest BCUT2D eigenvalue weighted by atomic mass is 16.6. The van der Waals surface area contributed by atoms with E-state index in [1.165, 1.54) is 6.42 Å². The molecule has 0 spiro atoms. The Morgan fingerprint density at radius 3 is 2.58 bits per heavy atom. The Morgan fingerprint density at radius 2 is 1.89 bits per heavy atom. The first-order valence-electron chi connectivity index (χ1n) is 6.99. The predicted molar refractivity (Wildman–Crippen MR) is 68.6 cm³/mol. The summed E-state index contributed by atoms with van der Waals surface area (Å²) in [4.78, 5) is 14.2. The van der Waals surface area contributed by atoms with Crippen molar-refractivity contribution in [1.82, 2.24) is 4.90 Å². The van der Waals surface area contributed by atoms with E-state index >= 15 is 0 Å². The number of carbonyl (C=O) groups is 1. The quantitative estimate of drug-likeness (QED) is 0.765. The number of morpholine rings is 1. The van der Waals surface area contributed by atoms with Crippen LogP contribution in [-0.4, -0.2) is 35.3 Å². The molecule has 4 atom stereocenters. The van der Waals surface area contributed by atoms with Gasteiger partial charge in [0, 0.05) is 0 Å². The first-order valence-corrected chi connectivity index (χ1v) is 6.99. The second-order valence-electron chi connectivity index (χ2n) is 5.58. The van der Waals surface area contributed by atoms with Crippen molar-refractivity contribution in [2.75, 3.05) is 0 Å². The minimum Gasteiger partial charge on any atom is -0.445 e. The van der Waals surface area contributed by atoms with Crippen LogP contribution in [0.15, 0.2) is 30.3 Å². The maximum Gasteiger partial charge on any atom is 0.410 e. The van der Waals surface area contributed by atoms with Gasteiger partial charge in [-0.1, -0.05) is 30.3 Å². The second kappa shape index (κ2) is 4.23. The standard InChI is InChI=1S/C15H17NO3/c17-15(18-9-10-5-2-1-3-6-10)16-11-7-4-8-12(16)14-13(11)19-14/h1-3,5-6,11-14H,4,7-9H2/t11-,12+,13-,14+. The fourth-order valence-corrected chi connectivity index (χ4v) is 3.53. The molecule has 4 rings (SSSR count). The van der Waals surface area contributed by atoms with Crippen molar-refractivity contribution in [3.8, 4) is 0 Å². The molecule has 0 aliphatic carbocycles. The first kappa shape index (κ1) is 11.3. The molecule has 0 saturated carbocycles. The van der Waals surface area contributed by atoms with E-state index < -0.39 is 0 Å². The molecule has 4 nitrogen and oxygen atoms in total. The van der Waals surface area contributed by atoms with Gasteiger partial charge in [0.1, 0.15) is 18.8 Å². The number of hydrogen-bond donors (Lipinski definition) is 0. The zero-order valence-electron chi connectivity index (χ0n) is 10.7. The molecular weight excluding hydrogens is 242 g/mol. The fourth-order valence-electron chi connectivity index (χ4n) is 3.53. The molecule has 3 heterocycles. The molecule has 4 heteroatoms. The monoisotopic (exact) mass is 259 g/mol. The van der Waals surface area contributed by atoms with Crippen LogP contribution in [0.2, 0.25) is 0 Å². The Balaban J connectivity index is 1.41. The Morgan fingerprint density at radius 1 is 1.21 bits per heavy atom. The summed E-state index contributed by atoms with van der Waals surface area (Å²) in [5, 5.41) is 0. The van der Waals surface area contributed by atoms with Gasteiger partial charge in [-0.15, -0.1) is 0 Å². The number of hydrogen-bond acceptors (Lipinski definition) is 3. The highest BCUT2D eigenvalue weighted by molar-refractivity contribution is 5.70. The van der Waals surface area contributed by atoms with E-state index in [0.717, 1.165) is 18.4 Å². The Kier molecular flexibility index (Phi) is 2.52. The third-order valence-electron chi connectivity index (χ3n) is 4.45. The van der Waals surface area contributed by atoms with Gasteiger partial charge in [0.05, 0.1) is 12.1 Å². The van der Waals surface area contributed by atoms with E-state index in [9.17, 15) is 4.79 Å². The van der Waals surface area contributed by atoms with Crippen LogP contribution >= 0.6 is 0 Å². The number of benzene rings is 1. The summed E-state index contributed by atoms with van der Waals surface area (Å²) in [5.74, 6) is 0. The third-order valence-corrected chi connectivity index (χ3v) is 4.45. The number of amides is 1. The van der Waals surface area contributed by atoms with Crippen LogP contribution in [0.25, 0.3) is 0 Å². The summed E-state index contributed by atoms with van der Waals surface area (Å²) in [6.07, 6.45) is 3.72. The lowest BCUT2D eigenvalue weighted by molar-refractivity contribution is 0.0278. The number of piperidine rings is 1. The normalized spacial score (nSPS) is 34.8. The van der Waals surface area contributed by atoms with Crippen molar-refractivity contribution in [1.29, 1.82) is 0 Å². The molecule has 3 aliphatic rings. The summed E-state index contributed by atoms with van der Waals surface area (Å²) >= 11 is 0. The van der Waals surface area contributed by atoms with E-state index in [2.05, 4.69) is 0 Å². The molecule has 1 amide bonds. The smallest absolute Gasteiger partial charge is 0.410 e. The molecule has 100 valence electrons. The summed E-state index contributed by atoms with van der Waals surface area (Å²) in [6, 6.07) is 10.3. The lowest BCUT2D eigenvalue weighted by Gasteiger charge is -2.35. The molecule has 0 radical (unpaired) electrons. The minimum absolute atomic E-state index is 0.172. The van der Waals surface area contributed by atoms with Gasteiger partial charge in [0.2, 0.25) is 0 Å². The fraction of sp³-hybridized carbons (Fsp3) is 0.533. The molecule has 0 unspecified atom stereocenters. The van der Waals surface area contributed by atoms with E-state index in [1.54, 1.807) is 0 Å². The minimum atomic E-state index is -0.172. The second-order valence-corrected chi connectivity index (χ2v) is 5.58. The lowest BCUT2D eigenvalue weighted by atomic mass is 10.0. The Bertz CT molecular complexity index is 473. The van der Waals surface area contributed by atoms with Crippen molar-refractivity contribution in [3.63, 3.8) is 0 Å². The molecule has 2 bridgehead atoms. The van der Waals surface area contributed by atoms with Crippen LogP contribution < -0.4 is 0 Å². The summed E-state index contributed by atoms with van der Waals surface area (Å²) in [7, 11) is 0. The number of rotatable bonds is 2. The zero-order chi connectivity index (χ0) is 12.8. The van der Waals surface area contributed by atoms with Gasteiger partial charge in [-0.25, -0.2) is 4.79 Å². The van der Waals surface area contributed by atoms with E-state index in [1.807, 2.05) is 35.2 Å². The number of ether oxygens (including phenoxy) is 2. The molecule has 0 aromatic heterocycles. The van der Waals surface area contributed by atoms with Gasteiger partial charge < -0.3 is 9.47 Å². The number of nitrogens with zero attached hydrogens (tertiary/aromatic N) is 1. The van der Waals surface area contributed by atoms with Crippen molar-refractivity contribution >= 4 is 6.09 Å². The molecule has 3 aliphatic heterocycles. The molecule has 1 aromatic carbocycles. The number of carbonyl (C=O) groups excluding carboxylic acids is 1. The highest BCUT2D eigenvalue weighted by Crippen LogP contribution is 2.48. The molecule has 3 saturated heterocycles. The maximum atomic E-state index is 12.2. The van der Waals surface area contributed by atoms with Gasteiger partial charge in [-0.3, -0.25) is 4.90 Å². The zero-order valence-corrected chi connectivity index (χ0v) is 10.7. The van der Waals surface area contributed by atoms with E-state index in [-0.39, 0.29) is 30.4 Å². The van der Waals surface area contributed by atoms with Crippen molar-refractivity contribution in [3.05, 3.63) is 35.9 Å². The predicted octanol–water partition coefficient (Wildman–Crippen LogP) is 2.33. The summed E-state index contributed by atoms with van der Waals surface area (Å²) in [6.45, 7) is 0.353. The summed E-state index contributed by atoms with van der Waals surface area (Å²) < 4.78 is 11.1. The largest absolute Gasteiger partial charge is 0.445 e. The van der Waals surface area contributed by atoms with Gasteiger partial charge >= 0.3 is 6.09 Å². The average molecular weight is 259 g/mol. The van der Waals surface area contributed by atoms with Gasteiger partial charge in [-0.05, 0) is 24.8 Å². The van der Waals surface area contributed by atoms with Gasteiger partial charge in [0.15, 0.2) is 0 Å². The summed E-state index contributed by atoms with van der Waals surface area (Å²) in [5.41, 5.74) is 1.03. The van der Waals surface area contributed by atoms with Crippen molar-refractivity contribution in [2.24, 2.45) is 0 Å².